The van der Waals surface area contributed by atoms with Crippen molar-refractivity contribution in [2.45, 2.75) is 19.3 Å². The van der Waals surface area contributed by atoms with Gasteiger partial charge in [-0.1, -0.05) is 32.0 Å². The van der Waals surface area contributed by atoms with Crippen LogP contribution in [0.5, 0.6) is 0 Å². The van der Waals surface area contributed by atoms with Gasteiger partial charge >= 0.3 is 0 Å². The first-order chi connectivity index (χ1) is 11.9. The van der Waals surface area contributed by atoms with Gasteiger partial charge in [-0.2, -0.15) is 0 Å². The molecule has 1 aromatic carbocycles. The summed E-state index contributed by atoms with van der Waals surface area (Å²) in [6.07, 6.45) is 7.47. The lowest BCUT2D eigenvalue weighted by Gasteiger charge is -2.24. The van der Waals surface area contributed by atoms with Crippen LogP contribution in [0, 0.1) is 0 Å². The maximum absolute atomic E-state index is 12.4. The van der Waals surface area contributed by atoms with Crippen LogP contribution in [0.2, 0.25) is 0 Å². The second-order valence-electron chi connectivity index (χ2n) is 6.68. The molecule has 0 saturated heterocycles. The molecule has 0 atom stereocenters. The lowest BCUT2D eigenvalue weighted by Crippen LogP contribution is -2.22. The van der Waals surface area contributed by atoms with Crippen LogP contribution < -0.4 is 4.90 Å². The fourth-order valence-corrected chi connectivity index (χ4v) is 3.46. The van der Waals surface area contributed by atoms with Crippen molar-refractivity contribution in [2.75, 3.05) is 19.1 Å². The normalized spacial score (nSPS) is 21.9. The minimum atomic E-state index is -0.221. The van der Waals surface area contributed by atoms with E-state index in [1.807, 2.05) is 25.3 Å². The summed E-state index contributed by atoms with van der Waals surface area (Å²) in [5.74, 6) is -0.0440. The van der Waals surface area contributed by atoms with Gasteiger partial charge in [-0.3, -0.25) is 9.59 Å². The van der Waals surface area contributed by atoms with Crippen LogP contribution in [-0.2, 0) is 19.7 Å². The Labute approximate surface area is 147 Å². The van der Waals surface area contributed by atoms with E-state index in [1.54, 1.807) is 12.2 Å². The minimum absolute atomic E-state index is 0.169. The summed E-state index contributed by atoms with van der Waals surface area (Å²) < 4.78 is 5.09. The van der Waals surface area contributed by atoms with Gasteiger partial charge in [-0.05, 0) is 35.9 Å². The van der Waals surface area contributed by atoms with Crippen LogP contribution in [0.25, 0.3) is 0 Å². The van der Waals surface area contributed by atoms with Gasteiger partial charge in [0.05, 0.1) is 7.11 Å². The van der Waals surface area contributed by atoms with Crippen LogP contribution >= 0.6 is 0 Å². The third-order valence-corrected chi connectivity index (χ3v) is 4.82. The van der Waals surface area contributed by atoms with Crippen molar-refractivity contribution in [2.24, 2.45) is 0 Å². The standard InChI is InChI=1S/C21H21NO3/c1-21(2)16-7-5-6-8-17(16)22(3)19(21)10-9-15-11-14(13-23)12-18(25-4)20(15)24/h5-13H,1-4H3/b15-9-,19-10+. The molecule has 0 aromatic heterocycles. The quantitative estimate of drug-likeness (QED) is 0.627. The molecule has 0 spiro atoms. The number of methoxy groups -OCH3 is 1. The summed E-state index contributed by atoms with van der Waals surface area (Å²) in [6.45, 7) is 4.32. The Kier molecular flexibility index (Phi) is 4.21. The maximum Gasteiger partial charge on any atom is 0.227 e. The molecule has 1 aromatic rings. The fraction of sp³-hybridized carbons (Fsp3) is 0.238. The molecule has 1 aliphatic carbocycles. The molecular weight excluding hydrogens is 314 g/mol. The Morgan fingerprint density at radius 1 is 1.12 bits per heavy atom. The topological polar surface area (TPSA) is 46.6 Å². The highest BCUT2D eigenvalue weighted by Crippen LogP contribution is 2.46. The number of fused-ring (bicyclic) bond motifs is 1. The number of allylic oxidation sites excluding steroid dienone is 7. The van der Waals surface area contributed by atoms with Crippen molar-refractivity contribution in [1.82, 2.24) is 0 Å². The zero-order chi connectivity index (χ0) is 18.2. The molecule has 128 valence electrons. The van der Waals surface area contributed by atoms with Crippen LogP contribution in [0.4, 0.5) is 5.69 Å². The second-order valence-corrected chi connectivity index (χ2v) is 6.68. The fourth-order valence-electron chi connectivity index (χ4n) is 3.46. The zero-order valence-electron chi connectivity index (χ0n) is 14.9. The number of ketones is 1. The lowest BCUT2D eigenvalue weighted by atomic mass is 9.83. The molecule has 1 aliphatic heterocycles. The van der Waals surface area contributed by atoms with E-state index in [0.29, 0.717) is 17.4 Å². The number of benzene rings is 1. The first kappa shape index (κ1) is 17.0. The largest absolute Gasteiger partial charge is 0.493 e. The van der Waals surface area contributed by atoms with E-state index in [-0.39, 0.29) is 17.0 Å². The van der Waals surface area contributed by atoms with Crippen molar-refractivity contribution >= 4 is 17.8 Å². The number of para-hydroxylation sites is 1. The average Bonchev–Trinajstić information content (AvgIpc) is 2.81. The molecule has 0 N–H and O–H groups in total. The number of nitrogens with zero attached hydrogens (tertiary/aromatic N) is 1. The first-order valence-electron chi connectivity index (χ1n) is 8.13. The van der Waals surface area contributed by atoms with E-state index in [1.165, 1.54) is 18.7 Å². The Balaban J connectivity index is 2.03. The van der Waals surface area contributed by atoms with Gasteiger partial charge in [-0.15, -0.1) is 0 Å². The number of carbonyl (C=O) groups is 2. The van der Waals surface area contributed by atoms with E-state index in [9.17, 15) is 9.59 Å². The van der Waals surface area contributed by atoms with Gasteiger partial charge in [0.15, 0.2) is 5.76 Å². The second kappa shape index (κ2) is 6.20. The first-order valence-corrected chi connectivity index (χ1v) is 8.13. The van der Waals surface area contributed by atoms with E-state index >= 15 is 0 Å². The molecule has 0 fully saturated rings. The summed E-state index contributed by atoms with van der Waals surface area (Å²) in [4.78, 5) is 25.7. The average molecular weight is 335 g/mol. The SMILES string of the molecule is COC1=CC(C=O)=C/C(=C/C=C2/N(C)c3ccccc3C2(C)C)C1=O. The Morgan fingerprint density at radius 2 is 1.84 bits per heavy atom. The van der Waals surface area contributed by atoms with Crippen molar-refractivity contribution < 1.29 is 14.3 Å². The number of anilines is 1. The molecule has 0 amide bonds. The van der Waals surface area contributed by atoms with Crippen LogP contribution in [-0.4, -0.2) is 26.2 Å². The highest BCUT2D eigenvalue weighted by Gasteiger charge is 2.37. The van der Waals surface area contributed by atoms with Crippen LogP contribution in [0.1, 0.15) is 19.4 Å². The summed E-state index contributed by atoms with van der Waals surface area (Å²) in [6, 6.07) is 8.27. The monoisotopic (exact) mass is 335 g/mol. The minimum Gasteiger partial charge on any atom is -0.493 e. The molecule has 2 aliphatic rings. The number of hydrogen-bond donors (Lipinski definition) is 0. The van der Waals surface area contributed by atoms with Crippen LogP contribution in [0.15, 0.2) is 71.2 Å². The molecule has 0 saturated carbocycles. The number of ether oxygens (including phenoxy) is 1. The predicted molar refractivity (Wildman–Crippen MR) is 98.3 cm³/mol. The molecular formula is C21H21NO3. The van der Waals surface area contributed by atoms with E-state index < -0.39 is 0 Å². The number of carbonyl (C=O) groups excluding carboxylic acids is 2. The highest BCUT2D eigenvalue weighted by molar-refractivity contribution is 6.12. The Bertz CT molecular complexity index is 869. The Hall–Kier alpha value is -2.88. The molecule has 1 heterocycles. The smallest absolute Gasteiger partial charge is 0.227 e. The maximum atomic E-state index is 12.4. The third-order valence-electron chi connectivity index (χ3n) is 4.82. The van der Waals surface area contributed by atoms with Gasteiger partial charge < -0.3 is 9.64 Å². The van der Waals surface area contributed by atoms with Crippen molar-refractivity contribution in [3.05, 3.63) is 76.7 Å². The number of likely N-dealkylation sites (N-methyl/N-ethyl adjacent to an activating group) is 1. The lowest BCUT2D eigenvalue weighted by molar-refractivity contribution is -0.114. The highest BCUT2D eigenvalue weighted by atomic mass is 16.5. The number of Topliss-reactive ketones (excluding diaryl/α,β-unsaturated/α-hetero) is 1. The van der Waals surface area contributed by atoms with Crippen molar-refractivity contribution in [3.8, 4) is 0 Å². The summed E-state index contributed by atoms with van der Waals surface area (Å²) in [5.41, 5.74) is 4.19. The van der Waals surface area contributed by atoms with Gasteiger partial charge in [-0.25, -0.2) is 0 Å². The molecule has 4 nitrogen and oxygen atoms in total. The van der Waals surface area contributed by atoms with E-state index in [0.717, 1.165) is 11.4 Å². The summed E-state index contributed by atoms with van der Waals surface area (Å²) >= 11 is 0. The van der Waals surface area contributed by atoms with Crippen LogP contribution in [0.3, 0.4) is 0 Å². The van der Waals surface area contributed by atoms with Gasteiger partial charge in [0, 0.05) is 35.0 Å². The van der Waals surface area contributed by atoms with Gasteiger partial charge in [0.2, 0.25) is 5.78 Å². The van der Waals surface area contributed by atoms with Gasteiger partial charge in [0.1, 0.15) is 6.29 Å². The van der Waals surface area contributed by atoms with E-state index in [4.69, 9.17) is 4.74 Å². The summed E-state index contributed by atoms with van der Waals surface area (Å²) in [5, 5.41) is 0. The third kappa shape index (κ3) is 2.74. The zero-order valence-corrected chi connectivity index (χ0v) is 14.9. The van der Waals surface area contributed by atoms with E-state index in [2.05, 4.69) is 30.9 Å². The van der Waals surface area contributed by atoms with Crippen molar-refractivity contribution in [3.63, 3.8) is 0 Å². The molecule has 4 heteroatoms. The molecule has 0 radical (unpaired) electrons. The number of rotatable bonds is 3. The predicted octanol–water partition coefficient (Wildman–Crippen LogP) is 3.46. The number of hydrogen-bond acceptors (Lipinski definition) is 4. The van der Waals surface area contributed by atoms with Crippen molar-refractivity contribution in [1.29, 1.82) is 0 Å². The summed E-state index contributed by atoms with van der Waals surface area (Å²) in [7, 11) is 3.45. The molecule has 0 bridgehead atoms. The number of aldehydes is 1. The molecule has 0 unspecified atom stereocenters. The van der Waals surface area contributed by atoms with Gasteiger partial charge in [0.25, 0.3) is 0 Å². The molecule has 25 heavy (non-hydrogen) atoms. The molecule has 3 rings (SSSR count). The Morgan fingerprint density at radius 3 is 2.48 bits per heavy atom.